The summed E-state index contributed by atoms with van der Waals surface area (Å²) in [6, 6.07) is 23.0. The molecule has 0 N–H and O–H groups in total. The van der Waals surface area contributed by atoms with E-state index >= 15 is 0 Å². The Balaban J connectivity index is 1.96. The quantitative estimate of drug-likeness (QED) is 0.275. The van der Waals surface area contributed by atoms with E-state index in [9.17, 15) is 0 Å². The number of aromatic nitrogens is 1. The molecule has 2 aromatic carbocycles. The van der Waals surface area contributed by atoms with Gasteiger partial charge in [-0.3, -0.25) is 0 Å². The maximum absolute atomic E-state index is 5.04. The van der Waals surface area contributed by atoms with E-state index in [0.29, 0.717) is 0 Å². The predicted molar refractivity (Wildman–Crippen MR) is 114 cm³/mol. The lowest BCUT2D eigenvalue weighted by atomic mass is 10.1. The fraction of sp³-hybridized carbons (Fsp3) is 0.217. The second kappa shape index (κ2) is 8.87. The highest BCUT2D eigenvalue weighted by Gasteiger charge is 2.16. The zero-order valence-corrected chi connectivity index (χ0v) is 17.2. The van der Waals surface area contributed by atoms with Crippen molar-refractivity contribution >= 4 is 22.6 Å². The Kier molecular flexibility index (Phi) is 6.30. The SMILES string of the molecule is Cc1cccc(N=C(Sc2cccc[n+]2C)N(C)Cc2ccccc2)c1C. The molecule has 0 saturated carbocycles. The van der Waals surface area contributed by atoms with E-state index < -0.39 is 0 Å². The van der Waals surface area contributed by atoms with Crippen molar-refractivity contribution in [2.45, 2.75) is 25.4 Å². The molecule has 4 heteroatoms. The first-order chi connectivity index (χ1) is 13.0. The van der Waals surface area contributed by atoms with Crippen molar-refractivity contribution in [1.29, 1.82) is 0 Å². The number of thioether (sulfide) groups is 1. The third-order valence-corrected chi connectivity index (χ3v) is 5.80. The first-order valence-electron chi connectivity index (χ1n) is 9.07. The van der Waals surface area contributed by atoms with Crippen LogP contribution >= 0.6 is 11.8 Å². The van der Waals surface area contributed by atoms with Gasteiger partial charge in [0, 0.05) is 37.5 Å². The lowest BCUT2D eigenvalue weighted by Crippen LogP contribution is -2.32. The van der Waals surface area contributed by atoms with Crippen LogP contribution in [0.15, 0.2) is 82.9 Å². The maximum Gasteiger partial charge on any atom is 0.247 e. The molecular formula is C23H26N3S+. The third-order valence-electron chi connectivity index (χ3n) is 4.58. The van der Waals surface area contributed by atoms with Crippen LogP contribution in [0.3, 0.4) is 0 Å². The molecule has 3 rings (SSSR count). The Hall–Kier alpha value is -2.59. The first kappa shape index (κ1) is 19.2. The minimum atomic E-state index is 0.814. The van der Waals surface area contributed by atoms with E-state index in [0.717, 1.165) is 22.4 Å². The Morgan fingerprint density at radius 3 is 2.44 bits per heavy atom. The number of nitrogens with zero attached hydrogens (tertiary/aromatic N) is 3. The molecule has 0 radical (unpaired) electrons. The second-order valence-electron chi connectivity index (χ2n) is 6.71. The molecule has 3 nitrogen and oxygen atoms in total. The summed E-state index contributed by atoms with van der Waals surface area (Å²) in [6.45, 7) is 5.08. The van der Waals surface area contributed by atoms with Gasteiger partial charge in [0.1, 0.15) is 7.05 Å². The molecular weight excluding hydrogens is 350 g/mol. The average Bonchev–Trinajstić information content (AvgIpc) is 2.67. The molecule has 1 heterocycles. The molecule has 0 aliphatic heterocycles. The highest BCUT2D eigenvalue weighted by Crippen LogP contribution is 2.26. The topological polar surface area (TPSA) is 19.5 Å². The van der Waals surface area contributed by atoms with E-state index in [1.54, 1.807) is 11.8 Å². The number of aryl methyl sites for hydroxylation is 2. The third kappa shape index (κ3) is 4.98. The summed E-state index contributed by atoms with van der Waals surface area (Å²) in [4.78, 5) is 7.26. The number of aliphatic imine (C=N–C) groups is 1. The van der Waals surface area contributed by atoms with Crippen molar-refractivity contribution in [3.8, 4) is 0 Å². The van der Waals surface area contributed by atoms with E-state index in [1.807, 2.05) is 12.1 Å². The summed E-state index contributed by atoms with van der Waals surface area (Å²) in [7, 11) is 4.17. The van der Waals surface area contributed by atoms with Crippen LogP contribution in [0.4, 0.5) is 5.69 Å². The van der Waals surface area contributed by atoms with Crippen LogP contribution in [-0.4, -0.2) is 17.1 Å². The van der Waals surface area contributed by atoms with Crippen LogP contribution in [0.5, 0.6) is 0 Å². The van der Waals surface area contributed by atoms with Crippen LogP contribution in [0.25, 0.3) is 0 Å². The highest BCUT2D eigenvalue weighted by atomic mass is 32.2. The van der Waals surface area contributed by atoms with E-state index in [-0.39, 0.29) is 0 Å². The molecule has 0 bridgehead atoms. The number of hydrogen-bond acceptors (Lipinski definition) is 2. The van der Waals surface area contributed by atoms with Crippen molar-refractivity contribution in [3.05, 3.63) is 89.6 Å². The van der Waals surface area contributed by atoms with Crippen molar-refractivity contribution in [2.24, 2.45) is 12.0 Å². The fourth-order valence-corrected chi connectivity index (χ4v) is 3.68. The molecule has 1 aromatic heterocycles. The van der Waals surface area contributed by atoms with Gasteiger partial charge in [0.25, 0.3) is 0 Å². The molecule has 0 fully saturated rings. The average molecular weight is 377 g/mol. The van der Waals surface area contributed by atoms with Crippen molar-refractivity contribution < 1.29 is 4.57 Å². The van der Waals surface area contributed by atoms with Gasteiger partial charge < -0.3 is 4.90 Å². The first-order valence-corrected chi connectivity index (χ1v) is 9.88. The standard InChI is InChI=1S/C23H26N3S/c1-18-11-10-14-21(19(18)2)24-23(27-22-15-8-9-16-25(22)3)26(4)17-20-12-6-5-7-13-20/h5-16H,17H2,1-4H3/q+1. The van der Waals surface area contributed by atoms with Gasteiger partial charge >= 0.3 is 0 Å². The summed E-state index contributed by atoms with van der Waals surface area (Å²) in [6.07, 6.45) is 2.06. The Bertz CT molecular complexity index is 935. The second-order valence-corrected chi connectivity index (χ2v) is 7.69. The van der Waals surface area contributed by atoms with Crippen molar-refractivity contribution in [1.82, 2.24) is 4.90 Å². The van der Waals surface area contributed by atoms with Gasteiger partial charge in [0.15, 0.2) is 11.4 Å². The van der Waals surface area contributed by atoms with Gasteiger partial charge in [0.2, 0.25) is 5.03 Å². The highest BCUT2D eigenvalue weighted by molar-refractivity contribution is 8.13. The number of benzene rings is 2. The van der Waals surface area contributed by atoms with E-state index in [2.05, 4.69) is 98.2 Å². The Morgan fingerprint density at radius 2 is 1.70 bits per heavy atom. The molecule has 3 aromatic rings. The summed E-state index contributed by atoms with van der Waals surface area (Å²) >= 11 is 1.69. The molecule has 27 heavy (non-hydrogen) atoms. The summed E-state index contributed by atoms with van der Waals surface area (Å²) in [5.74, 6) is 0. The molecule has 0 aliphatic rings. The van der Waals surface area contributed by atoms with Gasteiger partial charge in [-0.1, -0.05) is 42.5 Å². The largest absolute Gasteiger partial charge is 0.349 e. The van der Waals surface area contributed by atoms with Gasteiger partial charge in [-0.2, -0.15) is 4.57 Å². The van der Waals surface area contributed by atoms with Crippen LogP contribution in [0, 0.1) is 13.8 Å². The molecule has 0 spiro atoms. The minimum absolute atomic E-state index is 0.814. The lowest BCUT2D eigenvalue weighted by molar-refractivity contribution is -0.708. The van der Waals surface area contributed by atoms with Gasteiger partial charge in [-0.05, 0) is 42.7 Å². The molecule has 0 saturated heterocycles. The number of hydrogen-bond donors (Lipinski definition) is 0. The minimum Gasteiger partial charge on any atom is -0.349 e. The van der Waals surface area contributed by atoms with Gasteiger partial charge in [0.05, 0.1) is 5.69 Å². The van der Waals surface area contributed by atoms with Crippen molar-refractivity contribution in [3.63, 3.8) is 0 Å². The smallest absolute Gasteiger partial charge is 0.247 e. The summed E-state index contributed by atoms with van der Waals surface area (Å²) in [5, 5.41) is 2.14. The molecule has 0 unspecified atom stereocenters. The monoisotopic (exact) mass is 376 g/mol. The predicted octanol–water partition coefficient (Wildman–Crippen LogP) is 5.04. The van der Waals surface area contributed by atoms with Crippen molar-refractivity contribution in [2.75, 3.05) is 7.05 Å². The zero-order chi connectivity index (χ0) is 19.2. The van der Waals surface area contributed by atoms with Crippen LogP contribution < -0.4 is 4.57 Å². The van der Waals surface area contributed by atoms with Crippen LogP contribution in [0.1, 0.15) is 16.7 Å². The number of amidine groups is 1. The normalized spacial score (nSPS) is 11.5. The fourth-order valence-electron chi connectivity index (χ4n) is 2.78. The molecule has 0 amide bonds. The summed E-state index contributed by atoms with van der Waals surface area (Å²) in [5.41, 5.74) is 4.78. The van der Waals surface area contributed by atoms with E-state index in [4.69, 9.17) is 4.99 Å². The molecule has 0 aliphatic carbocycles. The zero-order valence-electron chi connectivity index (χ0n) is 16.4. The molecule has 138 valence electrons. The Labute approximate surface area is 166 Å². The van der Waals surface area contributed by atoms with E-state index in [1.165, 1.54) is 16.7 Å². The van der Waals surface area contributed by atoms with Gasteiger partial charge in [-0.15, -0.1) is 0 Å². The Morgan fingerprint density at radius 1 is 0.963 bits per heavy atom. The maximum atomic E-state index is 5.04. The van der Waals surface area contributed by atoms with Crippen LogP contribution in [0.2, 0.25) is 0 Å². The lowest BCUT2D eigenvalue weighted by Gasteiger charge is -2.20. The van der Waals surface area contributed by atoms with Crippen LogP contribution in [-0.2, 0) is 13.6 Å². The summed E-state index contributed by atoms with van der Waals surface area (Å²) < 4.78 is 2.12. The number of pyridine rings is 1. The number of rotatable bonds is 4. The van der Waals surface area contributed by atoms with Gasteiger partial charge in [-0.25, -0.2) is 4.99 Å². The molecule has 0 atom stereocenters.